The Balaban J connectivity index is 4.35. The standard InChI is InChI=1S/C6H7F3O5S/c1-2-13-5(10)3-4-14-15(11,12)6(7,8)9/h3-4H,2H2,1H3/b4-3-. The van der Waals surface area contributed by atoms with Gasteiger partial charge in [-0.25, -0.2) is 4.79 Å². The lowest BCUT2D eigenvalue weighted by molar-refractivity contribution is -0.137. The van der Waals surface area contributed by atoms with Crippen molar-refractivity contribution in [2.24, 2.45) is 0 Å². The Morgan fingerprint density at radius 3 is 2.33 bits per heavy atom. The SMILES string of the molecule is CCOC(=O)/C=C\OS(=O)(=O)C(F)(F)F. The van der Waals surface area contributed by atoms with Crippen LogP contribution < -0.4 is 0 Å². The number of hydrogen-bond acceptors (Lipinski definition) is 5. The molecule has 0 radical (unpaired) electrons. The smallest absolute Gasteiger partial charge is 0.463 e. The first-order chi connectivity index (χ1) is 6.70. The van der Waals surface area contributed by atoms with Gasteiger partial charge < -0.3 is 8.92 Å². The number of rotatable bonds is 4. The summed E-state index contributed by atoms with van der Waals surface area (Å²) in [5, 5.41) is 0. The van der Waals surface area contributed by atoms with Crippen LogP contribution in [0.5, 0.6) is 0 Å². The van der Waals surface area contributed by atoms with Crippen molar-refractivity contribution < 1.29 is 35.3 Å². The molecule has 9 heteroatoms. The summed E-state index contributed by atoms with van der Waals surface area (Å²) in [5.41, 5.74) is -5.52. The molecule has 5 nitrogen and oxygen atoms in total. The average Bonchev–Trinajstić information content (AvgIpc) is 2.01. The molecule has 0 heterocycles. The number of hydrogen-bond donors (Lipinski definition) is 0. The van der Waals surface area contributed by atoms with Crippen LogP contribution in [0, 0.1) is 0 Å². The van der Waals surface area contributed by atoms with Gasteiger partial charge in [-0.3, -0.25) is 0 Å². The second-order valence-electron chi connectivity index (χ2n) is 2.05. The summed E-state index contributed by atoms with van der Waals surface area (Å²) < 4.78 is 63.0. The van der Waals surface area contributed by atoms with Gasteiger partial charge in [0.25, 0.3) is 0 Å². The van der Waals surface area contributed by atoms with Gasteiger partial charge in [0, 0.05) is 0 Å². The van der Waals surface area contributed by atoms with E-state index < -0.39 is 21.6 Å². The third-order valence-corrected chi connectivity index (χ3v) is 1.89. The van der Waals surface area contributed by atoms with Crippen LogP contribution in [0.4, 0.5) is 13.2 Å². The Morgan fingerprint density at radius 2 is 1.93 bits per heavy atom. The first kappa shape index (κ1) is 13.8. The number of esters is 1. The van der Waals surface area contributed by atoms with Crippen LogP contribution in [0.15, 0.2) is 12.3 Å². The largest absolute Gasteiger partial charge is 0.534 e. The van der Waals surface area contributed by atoms with E-state index in [1.165, 1.54) is 6.92 Å². The highest BCUT2D eigenvalue weighted by Gasteiger charge is 2.47. The fraction of sp³-hybridized carbons (Fsp3) is 0.500. The topological polar surface area (TPSA) is 69.7 Å². The van der Waals surface area contributed by atoms with E-state index in [2.05, 4.69) is 8.92 Å². The van der Waals surface area contributed by atoms with E-state index in [0.717, 1.165) is 0 Å². The van der Waals surface area contributed by atoms with Gasteiger partial charge in [-0.1, -0.05) is 0 Å². The maximum absolute atomic E-state index is 11.6. The van der Waals surface area contributed by atoms with E-state index in [4.69, 9.17) is 0 Å². The van der Waals surface area contributed by atoms with Crippen LogP contribution in [-0.4, -0.2) is 26.5 Å². The van der Waals surface area contributed by atoms with Gasteiger partial charge >= 0.3 is 21.6 Å². The van der Waals surface area contributed by atoms with Crippen molar-refractivity contribution in [2.75, 3.05) is 6.61 Å². The Kier molecular flexibility index (Phi) is 4.59. The molecule has 0 spiro atoms. The zero-order valence-corrected chi connectivity index (χ0v) is 8.26. The molecule has 15 heavy (non-hydrogen) atoms. The van der Waals surface area contributed by atoms with E-state index in [1.807, 2.05) is 0 Å². The average molecular weight is 248 g/mol. The maximum atomic E-state index is 11.6. The lowest BCUT2D eigenvalue weighted by Crippen LogP contribution is -2.23. The predicted molar refractivity (Wildman–Crippen MR) is 41.8 cm³/mol. The van der Waals surface area contributed by atoms with Crippen molar-refractivity contribution in [2.45, 2.75) is 12.4 Å². The first-order valence-corrected chi connectivity index (χ1v) is 4.94. The van der Waals surface area contributed by atoms with Crippen molar-refractivity contribution in [3.63, 3.8) is 0 Å². The molecule has 0 atom stereocenters. The highest BCUT2D eigenvalue weighted by atomic mass is 32.2. The molecular weight excluding hydrogens is 241 g/mol. The maximum Gasteiger partial charge on any atom is 0.534 e. The number of carbonyl (C=O) groups excluding carboxylic acids is 1. The van der Waals surface area contributed by atoms with Crippen molar-refractivity contribution >= 4 is 16.1 Å². The van der Waals surface area contributed by atoms with Gasteiger partial charge in [-0.2, -0.15) is 21.6 Å². The highest BCUT2D eigenvalue weighted by Crippen LogP contribution is 2.24. The minimum Gasteiger partial charge on any atom is -0.463 e. The summed E-state index contributed by atoms with van der Waals surface area (Å²) in [7, 11) is -5.70. The molecule has 0 aromatic heterocycles. The minimum absolute atomic E-state index is 0.00912. The number of ether oxygens (including phenoxy) is 1. The van der Waals surface area contributed by atoms with Gasteiger partial charge in [-0.05, 0) is 6.92 Å². The summed E-state index contributed by atoms with van der Waals surface area (Å²) in [6.07, 6.45) is 0.521. The van der Waals surface area contributed by atoms with Gasteiger partial charge in [0.15, 0.2) is 0 Å². The van der Waals surface area contributed by atoms with Crippen LogP contribution in [0.1, 0.15) is 6.92 Å². The predicted octanol–water partition coefficient (Wildman–Crippen LogP) is 0.929. The third kappa shape index (κ3) is 4.68. The van der Waals surface area contributed by atoms with E-state index in [9.17, 15) is 26.4 Å². The molecule has 0 fully saturated rings. The van der Waals surface area contributed by atoms with Gasteiger partial charge in [0.2, 0.25) is 0 Å². The lowest BCUT2D eigenvalue weighted by atomic mass is 10.6. The second kappa shape index (κ2) is 5.01. The molecule has 0 aliphatic rings. The fourth-order valence-corrected chi connectivity index (χ4v) is 0.712. The van der Waals surface area contributed by atoms with Crippen molar-refractivity contribution in [1.29, 1.82) is 0 Å². The summed E-state index contributed by atoms with van der Waals surface area (Å²) >= 11 is 0. The minimum atomic E-state index is -5.70. The first-order valence-electron chi connectivity index (χ1n) is 3.53. The number of carbonyl (C=O) groups is 1. The molecule has 0 saturated carbocycles. The molecule has 0 N–H and O–H groups in total. The van der Waals surface area contributed by atoms with Crippen LogP contribution in [-0.2, 0) is 23.8 Å². The Morgan fingerprint density at radius 1 is 1.40 bits per heavy atom. The van der Waals surface area contributed by atoms with E-state index in [0.29, 0.717) is 6.08 Å². The summed E-state index contributed by atoms with van der Waals surface area (Å²) in [6, 6.07) is 0. The van der Waals surface area contributed by atoms with Crippen LogP contribution >= 0.6 is 0 Å². The summed E-state index contributed by atoms with van der Waals surface area (Å²) in [4.78, 5) is 10.5. The van der Waals surface area contributed by atoms with Crippen LogP contribution in [0.2, 0.25) is 0 Å². The van der Waals surface area contributed by atoms with Gasteiger partial charge in [0.1, 0.15) is 6.26 Å². The molecule has 0 saturated heterocycles. The monoisotopic (exact) mass is 248 g/mol. The molecule has 0 aliphatic heterocycles. The second-order valence-corrected chi connectivity index (χ2v) is 3.61. The Bertz CT molecular complexity index is 342. The Hall–Kier alpha value is -1.25. The van der Waals surface area contributed by atoms with E-state index in [1.54, 1.807) is 0 Å². The highest BCUT2D eigenvalue weighted by molar-refractivity contribution is 7.87. The van der Waals surface area contributed by atoms with E-state index >= 15 is 0 Å². The molecule has 0 rings (SSSR count). The van der Waals surface area contributed by atoms with Gasteiger partial charge in [0.05, 0.1) is 12.7 Å². The van der Waals surface area contributed by atoms with Crippen molar-refractivity contribution in [1.82, 2.24) is 0 Å². The zero-order chi connectivity index (χ0) is 12.1. The van der Waals surface area contributed by atoms with Crippen molar-refractivity contribution in [3.8, 4) is 0 Å². The molecule has 0 aromatic carbocycles. The molecule has 0 bridgehead atoms. The summed E-state index contributed by atoms with van der Waals surface area (Å²) in [5.74, 6) is -1.00. The molecule has 0 aliphatic carbocycles. The summed E-state index contributed by atoms with van der Waals surface area (Å²) in [6.45, 7) is 1.48. The molecule has 0 aromatic rings. The van der Waals surface area contributed by atoms with Crippen LogP contribution in [0.3, 0.4) is 0 Å². The zero-order valence-electron chi connectivity index (χ0n) is 7.45. The number of halogens is 3. The Labute approximate surface area is 83.6 Å². The number of alkyl halides is 3. The molecule has 0 amide bonds. The fourth-order valence-electron chi connectivity index (χ4n) is 0.401. The lowest BCUT2D eigenvalue weighted by Gasteiger charge is -2.05. The van der Waals surface area contributed by atoms with Crippen LogP contribution in [0.25, 0.3) is 0 Å². The third-order valence-electron chi connectivity index (χ3n) is 0.956. The molecule has 0 unspecified atom stereocenters. The van der Waals surface area contributed by atoms with Crippen molar-refractivity contribution in [3.05, 3.63) is 12.3 Å². The molecular formula is C6H7F3O5S. The van der Waals surface area contributed by atoms with E-state index in [-0.39, 0.29) is 12.9 Å². The quantitative estimate of drug-likeness (QED) is 0.243. The normalized spacial score (nSPS) is 12.8. The molecule has 88 valence electrons. The van der Waals surface area contributed by atoms with Gasteiger partial charge in [-0.15, -0.1) is 0 Å².